The van der Waals surface area contributed by atoms with Gasteiger partial charge in [-0.1, -0.05) is 6.07 Å². The van der Waals surface area contributed by atoms with Crippen molar-refractivity contribution in [3.05, 3.63) is 58.2 Å². The Labute approximate surface area is 102 Å². The molecule has 92 valence electrons. The summed E-state index contributed by atoms with van der Waals surface area (Å²) in [7, 11) is 0. The number of aryl methyl sites for hydroxylation is 1. The van der Waals surface area contributed by atoms with Gasteiger partial charge in [0, 0.05) is 5.69 Å². The highest BCUT2D eigenvalue weighted by Gasteiger charge is 2.19. The molecule has 1 aromatic carbocycles. The van der Waals surface area contributed by atoms with E-state index in [2.05, 4.69) is 10.3 Å². The van der Waals surface area contributed by atoms with Gasteiger partial charge >= 0.3 is 5.69 Å². The molecule has 2 aromatic rings. The normalized spacial score (nSPS) is 10.1. The Kier molecular flexibility index (Phi) is 3.18. The average molecular weight is 247 g/mol. The summed E-state index contributed by atoms with van der Waals surface area (Å²) >= 11 is 0. The maximum atomic E-state index is 13.4. The first-order valence-corrected chi connectivity index (χ1v) is 5.20. The first-order chi connectivity index (χ1) is 8.58. The molecule has 1 N–H and O–H groups in total. The van der Waals surface area contributed by atoms with Crippen LogP contribution in [0.25, 0.3) is 0 Å². The van der Waals surface area contributed by atoms with Crippen LogP contribution in [0.1, 0.15) is 5.69 Å². The average Bonchev–Trinajstić information content (AvgIpc) is 2.32. The summed E-state index contributed by atoms with van der Waals surface area (Å²) in [6, 6.07) is 7.38. The molecule has 0 spiro atoms. The molecule has 0 unspecified atom stereocenters. The van der Waals surface area contributed by atoms with Gasteiger partial charge < -0.3 is 5.32 Å². The van der Waals surface area contributed by atoms with Crippen LogP contribution in [-0.2, 0) is 0 Å². The summed E-state index contributed by atoms with van der Waals surface area (Å²) in [5.74, 6) is -0.870. The Morgan fingerprint density at radius 3 is 2.72 bits per heavy atom. The van der Waals surface area contributed by atoms with Gasteiger partial charge in [0.05, 0.1) is 16.8 Å². The molecule has 6 heteroatoms. The Bertz CT molecular complexity index is 584. The number of hydrogen-bond donors (Lipinski definition) is 1. The van der Waals surface area contributed by atoms with E-state index in [0.717, 1.165) is 11.8 Å². The summed E-state index contributed by atoms with van der Waals surface area (Å²) in [4.78, 5) is 14.1. The van der Waals surface area contributed by atoms with Crippen LogP contribution in [0.3, 0.4) is 0 Å². The highest BCUT2D eigenvalue weighted by molar-refractivity contribution is 5.69. The molecule has 0 radical (unpaired) electrons. The zero-order valence-electron chi connectivity index (χ0n) is 9.55. The highest BCUT2D eigenvalue weighted by atomic mass is 19.1. The summed E-state index contributed by atoms with van der Waals surface area (Å²) in [5, 5.41) is 13.6. The molecular formula is C12H10FN3O2. The van der Waals surface area contributed by atoms with E-state index in [9.17, 15) is 14.5 Å². The largest absolute Gasteiger partial charge is 0.349 e. The Morgan fingerprint density at radius 1 is 1.33 bits per heavy atom. The number of aromatic nitrogens is 1. The summed E-state index contributed by atoms with van der Waals surface area (Å²) in [6.07, 6.45) is 1.53. The third-order valence-corrected chi connectivity index (χ3v) is 2.36. The fourth-order valence-electron chi connectivity index (χ4n) is 1.50. The first kappa shape index (κ1) is 12.0. The van der Waals surface area contributed by atoms with Gasteiger partial charge in [-0.2, -0.15) is 4.39 Å². The third kappa shape index (κ3) is 2.42. The molecule has 0 atom stereocenters. The van der Waals surface area contributed by atoms with Crippen LogP contribution in [0.2, 0.25) is 0 Å². The third-order valence-electron chi connectivity index (χ3n) is 2.36. The Hall–Kier alpha value is -2.50. The number of nitrogens with zero attached hydrogens (tertiary/aromatic N) is 2. The molecule has 5 nitrogen and oxygen atoms in total. The quantitative estimate of drug-likeness (QED) is 0.668. The smallest absolute Gasteiger partial charge is 0.327 e. The minimum atomic E-state index is -0.870. The highest BCUT2D eigenvalue weighted by Crippen LogP contribution is 2.29. The van der Waals surface area contributed by atoms with Gasteiger partial charge in [-0.3, -0.25) is 15.1 Å². The van der Waals surface area contributed by atoms with E-state index in [0.29, 0.717) is 5.69 Å². The second-order valence-corrected chi connectivity index (χ2v) is 3.71. The number of nitrogens with one attached hydrogen (secondary N) is 1. The molecule has 1 aromatic heterocycles. The zero-order chi connectivity index (χ0) is 13.1. The molecule has 1 heterocycles. The van der Waals surface area contributed by atoms with Crippen LogP contribution < -0.4 is 5.32 Å². The van der Waals surface area contributed by atoms with Crippen molar-refractivity contribution < 1.29 is 9.31 Å². The number of nitro groups is 1. The van der Waals surface area contributed by atoms with Crippen molar-refractivity contribution in [2.24, 2.45) is 0 Å². The van der Waals surface area contributed by atoms with Crippen molar-refractivity contribution in [1.82, 2.24) is 4.98 Å². The van der Waals surface area contributed by atoms with Crippen LogP contribution in [0.15, 0.2) is 36.5 Å². The number of halogens is 1. The van der Waals surface area contributed by atoms with Gasteiger partial charge in [0.1, 0.15) is 5.69 Å². The van der Waals surface area contributed by atoms with Crippen LogP contribution in [-0.4, -0.2) is 9.91 Å². The molecule has 0 amide bonds. The lowest BCUT2D eigenvalue weighted by Crippen LogP contribution is -1.99. The number of anilines is 2. The molecule has 0 aliphatic carbocycles. The fourth-order valence-corrected chi connectivity index (χ4v) is 1.50. The fraction of sp³-hybridized carbons (Fsp3) is 0.0833. The van der Waals surface area contributed by atoms with Crippen LogP contribution in [0.4, 0.5) is 21.5 Å². The number of hydrogen-bond acceptors (Lipinski definition) is 4. The van der Waals surface area contributed by atoms with E-state index in [4.69, 9.17) is 0 Å². The van der Waals surface area contributed by atoms with Gasteiger partial charge in [0.15, 0.2) is 0 Å². The number of nitro benzene ring substituents is 1. The van der Waals surface area contributed by atoms with Crippen molar-refractivity contribution in [3.63, 3.8) is 0 Å². The van der Waals surface area contributed by atoms with Crippen molar-refractivity contribution in [2.45, 2.75) is 6.92 Å². The SMILES string of the molecule is Cc1ccc(Nc2cccc(F)c2[N+](=O)[O-])cn1. The van der Waals surface area contributed by atoms with Gasteiger partial charge in [-0.05, 0) is 31.2 Å². The second-order valence-electron chi connectivity index (χ2n) is 3.71. The summed E-state index contributed by atoms with van der Waals surface area (Å²) in [5.41, 5.74) is 0.923. The molecule has 0 aliphatic heterocycles. The zero-order valence-corrected chi connectivity index (χ0v) is 9.55. The van der Waals surface area contributed by atoms with E-state index in [1.807, 2.05) is 6.92 Å². The molecular weight excluding hydrogens is 237 g/mol. The topological polar surface area (TPSA) is 68.1 Å². The van der Waals surface area contributed by atoms with Crippen molar-refractivity contribution in [1.29, 1.82) is 0 Å². The minimum Gasteiger partial charge on any atom is -0.349 e. The van der Waals surface area contributed by atoms with Gasteiger partial charge in [-0.25, -0.2) is 0 Å². The molecule has 0 aliphatic rings. The van der Waals surface area contributed by atoms with E-state index in [1.165, 1.54) is 18.3 Å². The van der Waals surface area contributed by atoms with Crippen LogP contribution in [0, 0.1) is 22.9 Å². The van der Waals surface area contributed by atoms with Gasteiger partial charge in [-0.15, -0.1) is 0 Å². The van der Waals surface area contributed by atoms with E-state index in [1.54, 1.807) is 12.1 Å². The number of benzene rings is 1. The lowest BCUT2D eigenvalue weighted by atomic mass is 10.2. The van der Waals surface area contributed by atoms with Crippen molar-refractivity contribution in [3.8, 4) is 0 Å². The van der Waals surface area contributed by atoms with Crippen LogP contribution in [0.5, 0.6) is 0 Å². The standard InChI is InChI=1S/C12H10FN3O2/c1-8-5-6-9(7-14-8)15-11-4-2-3-10(13)12(11)16(17)18/h2-7,15H,1H3. The van der Waals surface area contributed by atoms with Crippen molar-refractivity contribution >= 4 is 17.1 Å². The Morgan fingerprint density at radius 2 is 2.11 bits per heavy atom. The molecule has 2 rings (SSSR count). The number of para-hydroxylation sites is 1. The lowest BCUT2D eigenvalue weighted by Gasteiger charge is -2.07. The molecule has 0 fully saturated rings. The number of rotatable bonds is 3. The van der Waals surface area contributed by atoms with Crippen LogP contribution >= 0.6 is 0 Å². The van der Waals surface area contributed by atoms with Gasteiger partial charge in [0.25, 0.3) is 0 Å². The summed E-state index contributed by atoms with van der Waals surface area (Å²) in [6.45, 7) is 1.83. The molecule has 18 heavy (non-hydrogen) atoms. The maximum absolute atomic E-state index is 13.4. The number of pyridine rings is 1. The first-order valence-electron chi connectivity index (χ1n) is 5.20. The molecule has 0 saturated heterocycles. The lowest BCUT2D eigenvalue weighted by molar-refractivity contribution is -0.386. The predicted molar refractivity (Wildman–Crippen MR) is 65.3 cm³/mol. The monoisotopic (exact) mass is 247 g/mol. The van der Waals surface area contributed by atoms with E-state index >= 15 is 0 Å². The molecule has 0 saturated carbocycles. The molecule has 0 bridgehead atoms. The summed E-state index contributed by atoms with van der Waals surface area (Å²) < 4.78 is 13.4. The minimum absolute atomic E-state index is 0.102. The van der Waals surface area contributed by atoms with Crippen molar-refractivity contribution in [2.75, 3.05) is 5.32 Å². The van der Waals surface area contributed by atoms with E-state index < -0.39 is 16.4 Å². The Balaban J connectivity index is 2.37. The maximum Gasteiger partial charge on any atom is 0.327 e. The predicted octanol–water partition coefficient (Wildman–Crippen LogP) is 3.18. The van der Waals surface area contributed by atoms with Gasteiger partial charge in [0.2, 0.25) is 5.82 Å². The van der Waals surface area contributed by atoms with E-state index in [-0.39, 0.29) is 5.69 Å². The second kappa shape index (κ2) is 4.79.